The molecule has 3 rings (SSSR count). The standard InChI is InChI=1S/C15H20N4O2S/c1-3-13-16-9-12(22-13)15(20)19-8-6-4-5-7-11(19)14-17-10(2)21-18-14/h9,11H,3-8H2,1-2H3/t11-/m1/s1. The van der Waals surface area contributed by atoms with E-state index in [9.17, 15) is 4.79 Å². The third-order valence-corrected chi connectivity index (χ3v) is 5.05. The lowest BCUT2D eigenvalue weighted by Gasteiger charge is -2.27. The zero-order valence-corrected chi connectivity index (χ0v) is 13.7. The highest BCUT2D eigenvalue weighted by Gasteiger charge is 2.31. The minimum Gasteiger partial charge on any atom is -0.340 e. The molecule has 118 valence electrons. The summed E-state index contributed by atoms with van der Waals surface area (Å²) in [5, 5.41) is 5.03. The molecule has 2 aromatic heterocycles. The summed E-state index contributed by atoms with van der Waals surface area (Å²) in [7, 11) is 0. The van der Waals surface area contributed by atoms with Crippen LogP contribution >= 0.6 is 11.3 Å². The topological polar surface area (TPSA) is 72.1 Å². The van der Waals surface area contributed by atoms with Gasteiger partial charge in [-0.25, -0.2) is 4.98 Å². The van der Waals surface area contributed by atoms with Crippen molar-refractivity contribution in [3.05, 3.63) is 27.8 Å². The van der Waals surface area contributed by atoms with E-state index >= 15 is 0 Å². The van der Waals surface area contributed by atoms with Crippen LogP contribution in [-0.2, 0) is 6.42 Å². The Kier molecular flexibility index (Phi) is 4.52. The molecule has 1 fully saturated rings. The van der Waals surface area contributed by atoms with Gasteiger partial charge >= 0.3 is 0 Å². The van der Waals surface area contributed by atoms with Gasteiger partial charge in [-0.2, -0.15) is 4.98 Å². The fourth-order valence-corrected chi connectivity index (χ4v) is 3.60. The second-order valence-electron chi connectivity index (χ2n) is 5.51. The van der Waals surface area contributed by atoms with Gasteiger partial charge in [0, 0.05) is 13.5 Å². The quantitative estimate of drug-likeness (QED) is 0.868. The summed E-state index contributed by atoms with van der Waals surface area (Å²) in [4.78, 5) is 24.1. The number of thiazole rings is 1. The maximum atomic E-state index is 12.9. The van der Waals surface area contributed by atoms with Crippen LogP contribution in [0.15, 0.2) is 10.7 Å². The Morgan fingerprint density at radius 1 is 1.45 bits per heavy atom. The molecule has 22 heavy (non-hydrogen) atoms. The molecule has 1 saturated heterocycles. The number of amides is 1. The van der Waals surface area contributed by atoms with E-state index in [4.69, 9.17) is 4.52 Å². The SMILES string of the molecule is CCc1ncc(C(=O)N2CCCCC[C@@H]2c2noc(C)n2)s1. The minimum atomic E-state index is -0.0976. The van der Waals surface area contributed by atoms with E-state index in [2.05, 4.69) is 15.1 Å². The van der Waals surface area contributed by atoms with E-state index in [1.54, 1.807) is 13.1 Å². The van der Waals surface area contributed by atoms with Gasteiger partial charge in [0.2, 0.25) is 5.89 Å². The fourth-order valence-electron chi connectivity index (χ4n) is 2.78. The van der Waals surface area contributed by atoms with Gasteiger partial charge in [0.1, 0.15) is 4.88 Å². The Bertz CT molecular complexity index is 652. The van der Waals surface area contributed by atoms with Crippen molar-refractivity contribution in [2.45, 2.75) is 52.0 Å². The number of hydrogen-bond donors (Lipinski definition) is 0. The Morgan fingerprint density at radius 3 is 3.00 bits per heavy atom. The first-order valence-electron chi connectivity index (χ1n) is 7.75. The second kappa shape index (κ2) is 6.56. The molecule has 2 aromatic rings. The molecule has 1 aliphatic heterocycles. The number of rotatable bonds is 3. The van der Waals surface area contributed by atoms with Gasteiger partial charge in [-0.3, -0.25) is 4.79 Å². The van der Waals surface area contributed by atoms with Crippen LogP contribution in [0.5, 0.6) is 0 Å². The van der Waals surface area contributed by atoms with Crippen LogP contribution < -0.4 is 0 Å². The molecule has 0 aliphatic carbocycles. The number of nitrogens with zero attached hydrogens (tertiary/aromatic N) is 4. The number of likely N-dealkylation sites (tertiary alicyclic amines) is 1. The van der Waals surface area contributed by atoms with Crippen LogP contribution in [0, 0.1) is 6.92 Å². The van der Waals surface area contributed by atoms with Crippen LogP contribution in [0.2, 0.25) is 0 Å². The van der Waals surface area contributed by atoms with Gasteiger partial charge in [-0.15, -0.1) is 11.3 Å². The van der Waals surface area contributed by atoms with E-state index in [0.717, 1.165) is 43.7 Å². The van der Waals surface area contributed by atoms with Crippen LogP contribution in [0.25, 0.3) is 0 Å². The summed E-state index contributed by atoms with van der Waals surface area (Å²) >= 11 is 1.48. The number of hydrogen-bond acceptors (Lipinski definition) is 6. The van der Waals surface area contributed by atoms with Crippen LogP contribution in [0.3, 0.4) is 0 Å². The molecule has 7 heteroatoms. The predicted molar refractivity (Wildman–Crippen MR) is 82.8 cm³/mol. The van der Waals surface area contributed by atoms with E-state index in [1.807, 2.05) is 11.8 Å². The molecule has 0 N–H and O–H groups in total. The normalized spacial score (nSPS) is 19.2. The van der Waals surface area contributed by atoms with Crippen LogP contribution in [0.1, 0.15) is 65.0 Å². The summed E-state index contributed by atoms with van der Waals surface area (Å²) in [6.07, 6.45) is 6.63. The average molecular weight is 320 g/mol. The molecule has 1 amide bonds. The predicted octanol–water partition coefficient (Wildman–Crippen LogP) is 3.15. The van der Waals surface area contributed by atoms with Crippen molar-refractivity contribution < 1.29 is 9.32 Å². The highest BCUT2D eigenvalue weighted by atomic mass is 32.1. The minimum absolute atomic E-state index is 0.0338. The Balaban J connectivity index is 1.88. The van der Waals surface area contributed by atoms with Crippen molar-refractivity contribution in [2.24, 2.45) is 0 Å². The molecular weight excluding hydrogens is 300 g/mol. The Labute approximate surface area is 133 Å². The lowest BCUT2D eigenvalue weighted by Crippen LogP contribution is -2.35. The number of aromatic nitrogens is 3. The van der Waals surface area contributed by atoms with Crippen molar-refractivity contribution in [1.29, 1.82) is 0 Å². The van der Waals surface area contributed by atoms with E-state index in [-0.39, 0.29) is 11.9 Å². The summed E-state index contributed by atoms with van der Waals surface area (Å²) < 4.78 is 5.11. The Morgan fingerprint density at radius 2 is 2.32 bits per heavy atom. The van der Waals surface area contributed by atoms with Crippen molar-refractivity contribution >= 4 is 17.2 Å². The van der Waals surface area contributed by atoms with Crippen LogP contribution in [0.4, 0.5) is 0 Å². The lowest BCUT2D eigenvalue weighted by atomic mass is 10.1. The van der Waals surface area contributed by atoms with E-state index < -0.39 is 0 Å². The molecule has 0 radical (unpaired) electrons. The van der Waals surface area contributed by atoms with Crippen LogP contribution in [-0.4, -0.2) is 32.5 Å². The molecule has 0 spiro atoms. The zero-order chi connectivity index (χ0) is 15.5. The summed E-state index contributed by atoms with van der Waals surface area (Å²) in [5.41, 5.74) is 0. The summed E-state index contributed by atoms with van der Waals surface area (Å²) in [6, 6.07) is -0.0976. The molecule has 0 saturated carbocycles. The third-order valence-electron chi connectivity index (χ3n) is 3.92. The smallest absolute Gasteiger partial charge is 0.266 e. The lowest BCUT2D eigenvalue weighted by molar-refractivity contribution is 0.0675. The largest absolute Gasteiger partial charge is 0.340 e. The molecule has 1 aliphatic rings. The van der Waals surface area contributed by atoms with Gasteiger partial charge in [0.15, 0.2) is 5.82 Å². The number of carbonyl (C=O) groups excluding carboxylic acids is 1. The first-order chi connectivity index (χ1) is 10.7. The van der Waals surface area contributed by atoms with E-state index in [0.29, 0.717) is 16.6 Å². The average Bonchev–Trinajstić information content (AvgIpc) is 3.10. The molecule has 0 aromatic carbocycles. The fraction of sp³-hybridized carbons (Fsp3) is 0.600. The molecule has 1 atom stereocenters. The van der Waals surface area contributed by atoms with Crippen molar-refractivity contribution in [3.63, 3.8) is 0 Å². The van der Waals surface area contributed by atoms with E-state index in [1.165, 1.54) is 11.3 Å². The van der Waals surface area contributed by atoms with Crippen molar-refractivity contribution in [3.8, 4) is 0 Å². The maximum Gasteiger partial charge on any atom is 0.266 e. The highest BCUT2D eigenvalue weighted by molar-refractivity contribution is 7.13. The number of aryl methyl sites for hydroxylation is 2. The Hall–Kier alpha value is -1.76. The van der Waals surface area contributed by atoms with Crippen molar-refractivity contribution in [1.82, 2.24) is 20.0 Å². The molecule has 6 nitrogen and oxygen atoms in total. The third kappa shape index (κ3) is 3.04. The summed E-state index contributed by atoms with van der Waals surface area (Å²) in [5.74, 6) is 1.19. The molecular formula is C15H20N4O2S. The summed E-state index contributed by atoms with van der Waals surface area (Å²) in [6.45, 7) is 4.55. The molecule has 3 heterocycles. The molecule has 0 bridgehead atoms. The molecule has 0 unspecified atom stereocenters. The van der Waals surface area contributed by atoms with Gasteiger partial charge in [-0.05, 0) is 19.3 Å². The number of carbonyl (C=O) groups is 1. The zero-order valence-electron chi connectivity index (χ0n) is 12.9. The highest BCUT2D eigenvalue weighted by Crippen LogP contribution is 2.30. The van der Waals surface area contributed by atoms with Gasteiger partial charge in [0.05, 0.1) is 17.2 Å². The maximum absolute atomic E-state index is 12.9. The van der Waals surface area contributed by atoms with Gasteiger partial charge in [-0.1, -0.05) is 24.9 Å². The first kappa shape index (κ1) is 15.1. The van der Waals surface area contributed by atoms with Gasteiger partial charge in [0.25, 0.3) is 5.91 Å². The van der Waals surface area contributed by atoms with Gasteiger partial charge < -0.3 is 9.42 Å². The second-order valence-corrected chi connectivity index (χ2v) is 6.62. The first-order valence-corrected chi connectivity index (χ1v) is 8.56. The monoisotopic (exact) mass is 320 g/mol. The van der Waals surface area contributed by atoms with Crippen molar-refractivity contribution in [2.75, 3.05) is 6.54 Å².